The third-order valence-electron chi connectivity index (χ3n) is 4.07. The van der Waals surface area contributed by atoms with Gasteiger partial charge in [0, 0.05) is 28.4 Å². The number of hydrogen-bond acceptors (Lipinski definition) is 7. The fourth-order valence-corrected chi connectivity index (χ4v) is 4.42. The van der Waals surface area contributed by atoms with Gasteiger partial charge in [0.15, 0.2) is 0 Å². The zero-order valence-electron chi connectivity index (χ0n) is 15.1. The number of nitro groups is 1. The third-order valence-corrected chi connectivity index (χ3v) is 6.39. The van der Waals surface area contributed by atoms with Crippen LogP contribution < -0.4 is 0 Å². The number of nitro benzene ring substituents is 1. The summed E-state index contributed by atoms with van der Waals surface area (Å²) in [7, 11) is -4.23. The van der Waals surface area contributed by atoms with Crippen LogP contribution in [0.15, 0.2) is 57.2 Å². The van der Waals surface area contributed by atoms with E-state index in [1.54, 1.807) is 22.8 Å². The molecule has 0 saturated heterocycles. The number of aliphatic hydroxyl groups is 1. The largest absolute Gasteiger partial charge is 0.394 e. The van der Waals surface area contributed by atoms with E-state index in [1.165, 1.54) is 31.5 Å². The minimum atomic E-state index is -4.23. The highest BCUT2D eigenvalue weighted by atomic mass is 79.9. The fourth-order valence-electron chi connectivity index (χ4n) is 2.62. The van der Waals surface area contributed by atoms with Crippen molar-refractivity contribution >= 4 is 43.4 Å². The molecular weight excluding hydrogens is 466 g/mol. The normalized spacial score (nSPS) is 12.0. The molecule has 1 aromatic carbocycles. The number of aliphatic hydroxyl groups excluding tert-OH is 1. The van der Waals surface area contributed by atoms with Crippen molar-refractivity contribution in [1.82, 2.24) is 14.0 Å². The highest BCUT2D eigenvalue weighted by Gasteiger charge is 2.26. The Morgan fingerprint density at radius 2 is 2.14 bits per heavy atom. The van der Waals surface area contributed by atoms with Crippen molar-refractivity contribution in [3.05, 3.63) is 68.4 Å². The van der Waals surface area contributed by atoms with Gasteiger partial charge in [-0.05, 0) is 24.6 Å². The summed E-state index contributed by atoms with van der Waals surface area (Å²) in [6, 6.07) is 7.16. The van der Waals surface area contributed by atoms with Gasteiger partial charge in [0.05, 0.1) is 40.9 Å². The number of fused-ring (bicyclic) bond motifs is 1. The number of halogens is 1. The molecule has 0 amide bonds. The van der Waals surface area contributed by atoms with Gasteiger partial charge in [-0.3, -0.25) is 10.1 Å². The molecule has 0 aliphatic carbocycles. The van der Waals surface area contributed by atoms with E-state index in [1.807, 2.05) is 0 Å². The molecule has 0 saturated carbocycles. The molecular formula is C17H16BrN5O5S. The van der Waals surface area contributed by atoms with Crippen molar-refractivity contribution in [3.63, 3.8) is 0 Å². The molecule has 1 N–H and O–H groups in total. The average Bonchev–Trinajstić information content (AvgIpc) is 3.07. The van der Waals surface area contributed by atoms with Crippen LogP contribution in [-0.4, -0.2) is 51.8 Å². The maximum absolute atomic E-state index is 13.0. The first-order valence-corrected chi connectivity index (χ1v) is 10.5. The van der Waals surface area contributed by atoms with Crippen LogP contribution in [0.4, 0.5) is 5.69 Å². The first-order chi connectivity index (χ1) is 13.7. The number of hydrogen-bond donors (Lipinski definition) is 1. The van der Waals surface area contributed by atoms with Crippen LogP contribution in [0.3, 0.4) is 0 Å². The van der Waals surface area contributed by atoms with E-state index < -0.39 is 21.6 Å². The fraction of sp³-hybridized carbons (Fsp3) is 0.176. The van der Waals surface area contributed by atoms with Crippen LogP contribution in [0.2, 0.25) is 0 Å². The lowest BCUT2D eigenvalue weighted by molar-refractivity contribution is -0.385. The van der Waals surface area contributed by atoms with E-state index in [2.05, 4.69) is 26.1 Å². The molecule has 0 radical (unpaired) electrons. The Kier molecular flexibility index (Phi) is 5.96. The van der Waals surface area contributed by atoms with Gasteiger partial charge in [-0.1, -0.05) is 22.0 Å². The Morgan fingerprint density at radius 3 is 2.83 bits per heavy atom. The maximum Gasteiger partial charge on any atom is 0.279 e. The molecule has 0 unspecified atom stereocenters. The van der Waals surface area contributed by atoms with Crippen molar-refractivity contribution in [2.24, 2.45) is 5.10 Å². The number of aromatic nitrogens is 2. The van der Waals surface area contributed by atoms with E-state index in [0.29, 0.717) is 21.1 Å². The molecule has 0 bridgehead atoms. The summed E-state index contributed by atoms with van der Waals surface area (Å²) in [5.74, 6) is 0. The predicted molar refractivity (Wildman–Crippen MR) is 109 cm³/mol. The molecule has 152 valence electrons. The SMILES string of the molecule is Cc1ccc([N+](=O)[O-])cc1S(=O)(=O)N(CCO)N=Cc1cnn2ccc(Br)cc12. The summed E-state index contributed by atoms with van der Waals surface area (Å²) in [6.45, 7) is 0.731. The highest BCUT2D eigenvalue weighted by Crippen LogP contribution is 2.25. The van der Waals surface area contributed by atoms with Crippen molar-refractivity contribution in [2.75, 3.05) is 13.2 Å². The minimum absolute atomic E-state index is 0.250. The maximum atomic E-state index is 13.0. The number of benzene rings is 1. The van der Waals surface area contributed by atoms with Gasteiger partial charge in [-0.25, -0.2) is 4.52 Å². The van der Waals surface area contributed by atoms with Gasteiger partial charge in [0.25, 0.3) is 15.7 Å². The van der Waals surface area contributed by atoms with Gasteiger partial charge in [-0.2, -0.15) is 23.0 Å². The lowest BCUT2D eigenvalue weighted by Gasteiger charge is -2.19. The number of aryl methyl sites for hydroxylation is 1. The van der Waals surface area contributed by atoms with E-state index in [-0.39, 0.29) is 17.1 Å². The summed E-state index contributed by atoms with van der Waals surface area (Å²) >= 11 is 3.36. The van der Waals surface area contributed by atoms with Gasteiger partial charge in [-0.15, -0.1) is 0 Å². The Labute approximate surface area is 174 Å². The second-order valence-electron chi connectivity index (χ2n) is 6.00. The summed E-state index contributed by atoms with van der Waals surface area (Å²) in [5.41, 5.74) is 1.22. The van der Waals surface area contributed by atoms with Crippen molar-refractivity contribution in [3.8, 4) is 0 Å². The first-order valence-electron chi connectivity index (χ1n) is 8.29. The zero-order valence-corrected chi connectivity index (χ0v) is 17.5. The molecule has 0 atom stereocenters. The predicted octanol–water partition coefficient (Wildman–Crippen LogP) is 2.33. The van der Waals surface area contributed by atoms with Crippen molar-refractivity contribution in [2.45, 2.75) is 11.8 Å². The van der Waals surface area contributed by atoms with Gasteiger partial charge in [0.1, 0.15) is 0 Å². The van der Waals surface area contributed by atoms with E-state index >= 15 is 0 Å². The number of rotatable bonds is 7. The Balaban J connectivity index is 2.02. The molecule has 2 heterocycles. The molecule has 0 aliphatic heterocycles. The molecule has 3 aromatic rings. The molecule has 2 aromatic heterocycles. The third kappa shape index (κ3) is 4.28. The smallest absolute Gasteiger partial charge is 0.279 e. The molecule has 3 rings (SSSR count). The number of hydrazone groups is 1. The first kappa shape index (κ1) is 20.9. The van der Waals surface area contributed by atoms with Crippen LogP contribution in [-0.2, 0) is 10.0 Å². The quantitative estimate of drug-likeness (QED) is 0.313. The van der Waals surface area contributed by atoms with E-state index in [4.69, 9.17) is 0 Å². The molecule has 12 heteroatoms. The van der Waals surface area contributed by atoms with Crippen LogP contribution in [0.25, 0.3) is 5.52 Å². The van der Waals surface area contributed by atoms with Gasteiger partial charge >= 0.3 is 0 Å². The van der Waals surface area contributed by atoms with Crippen LogP contribution in [0, 0.1) is 17.0 Å². The van der Waals surface area contributed by atoms with Crippen LogP contribution >= 0.6 is 15.9 Å². The number of nitrogens with zero attached hydrogens (tertiary/aromatic N) is 5. The van der Waals surface area contributed by atoms with Crippen molar-refractivity contribution < 1.29 is 18.4 Å². The monoisotopic (exact) mass is 481 g/mol. The van der Waals surface area contributed by atoms with E-state index in [0.717, 1.165) is 10.5 Å². The second-order valence-corrected chi connectivity index (χ2v) is 8.73. The molecule has 0 fully saturated rings. The van der Waals surface area contributed by atoms with Crippen LogP contribution in [0.5, 0.6) is 0 Å². The molecule has 0 aliphatic rings. The Morgan fingerprint density at radius 1 is 1.38 bits per heavy atom. The van der Waals surface area contributed by atoms with Gasteiger partial charge in [0.2, 0.25) is 0 Å². The van der Waals surface area contributed by atoms with Gasteiger partial charge < -0.3 is 5.11 Å². The number of sulfonamides is 1. The van der Waals surface area contributed by atoms with Crippen LogP contribution in [0.1, 0.15) is 11.1 Å². The number of non-ortho nitro benzene ring substituents is 1. The molecule has 0 spiro atoms. The summed E-state index contributed by atoms with van der Waals surface area (Å²) in [4.78, 5) is 10.1. The van der Waals surface area contributed by atoms with Crippen molar-refractivity contribution in [1.29, 1.82) is 0 Å². The minimum Gasteiger partial charge on any atom is -0.394 e. The number of pyridine rings is 1. The second kappa shape index (κ2) is 8.27. The standard InChI is InChI=1S/C17H16BrN5O5S/c1-12-2-3-15(23(25)26)9-17(12)29(27,28)22(6-7-24)20-11-13-10-19-21-5-4-14(18)8-16(13)21/h2-5,8-11,24H,6-7H2,1H3. The lowest BCUT2D eigenvalue weighted by atomic mass is 10.2. The summed E-state index contributed by atoms with van der Waals surface area (Å²) < 4.78 is 29.2. The molecule has 29 heavy (non-hydrogen) atoms. The topological polar surface area (TPSA) is 130 Å². The highest BCUT2D eigenvalue weighted by molar-refractivity contribution is 9.10. The molecule has 10 nitrogen and oxygen atoms in total. The summed E-state index contributed by atoms with van der Waals surface area (Å²) in [5, 5.41) is 28.5. The van der Waals surface area contributed by atoms with E-state index in [9.17, 15) is 23.6 Å². The average molecular weight is 482 g/mol. The Bertz CT molecular complexity index is 1210. The summed E-state index contributed by atoms with van der Waals surface area (Å²) in [6.07, 6.45) is 4.56. The zero-order chi connectivity index (χ0) is 21.2. The Hall–Kier alpha value is -2.83. The lowest BCUT2D eigenvalue weighted by Crippen LogP contribution is -2.29.